The van der Waals surface area contributed by atoms with E-state index in [-0.39, 0.29) is 18.9 Å². The molecule has 2 aromatic heterocycles. The third-order valence-corrected chi connectivity index (χ3v) is 6.14. The van der Waals surface area contributed by atoms with E-state index in [0.29, 0.717) is 18.5 Å². The number of carbonyl (C=O) groups is 2. The number of likely N-dealkylation sites (N-methyl/N-ethyl adjacent to an activating group) is 1. The average molecular weight is 432 g/mol. The van der Waals surface area contributed by atoms with Gasteiger partial charge in [0.05, 0.1) is 29.3 Å². The minimum atomic E-state index is -0.519. The number of carbonyl (C=O) groups excluding carboxylic acids is 2. The molecule has 0 saturated heterocycles. The number of allylic oxidation sites excluding steroid dienone is 1. The lowest BCUT2D eigenvalue weighted by molar-refractivity contribution is -0.133. The molecule has 0 atom stereocenters. The number of nitrogens with zero attached hydrogens (tertiary/aromatic N) is 3. The molecule has 7 heteroatoms. The van der Waals surface area contributed by atoms with E-state index in [2.05, 4.69) is 12.1 Å². The number of ether oxygens (including phenoxy) is 1. The average Bonchev–Trinajstić information content (AvgIpc) is 3.44. The first-order chi connectivity index (χ1) is 15.1. The molecule has 3 aromatic rings. The van der Waals surface area contributed by atoms with E-state index >= 15 is 0 Å². The Hall–Kier alpha value is -3.50. The van der Waals surface area contributed by atoms with Crippen LogP contribution in [0, 0.1) is 11.3 Å². The summed E-state index contributed by atoms with van der Waals surface area (Å²) in [5, 5.41) is 11.4. The number of rotatable bonds is 6. The first-order valence-corrected chi connectivity index (χ1v) is 10.9. The largest absolute Gasteiger partial charge is 0.452 e. The van der Waals surface area contributed by atoms with E-state index in [1.165, 1.54) is 4.90 Å². The molecule has 0 N–H and O–H groups in total. The molecule has 0 radical (unpaired) electrons. The number of benzene rings is 1. The molecular formula is C24H21N3O3S. The Kier molecular flexibility index (Phi) is 6.10. The van der Waals surface area contributed by atoms with Crippen LogP contribution in [0.3, 0.4) is 0 Å². The van der Waals surface area contributed by atoms with E-state index in [4.69, 9.17) is 15.0 Å². The Balaban J connectivity index is 1.66. The lowest BCUT2D eigenvalue weighted by atomic mass is 10.0. The molecule has 1 aromatic carbocycles. The van der Waals surface area contributed by atoms with Crippen LogP contribution in [-0.4, -0.2) is 42.0 Å². The standard InChI is InChI=1S/C24H21N3O3S/c1-27(12-5-11-25)21(28)15-30-24(29)22-18-7-2-3-8-20(18)26-23-16(9-10-19(22)23)14-17-6-4-13-31-17/h2-4,6-8,13-14H,5,9-10,12,15H2,1H3/b16-14+. The second-order valence-corrected chi connectivity index (χ2v) is 8.29. The van der Waals surface area contributed by atoms with Crippen molar-refractivity contribution < 1.29 is 14.3 Å². The topological polar surface area (TPSA) is 83.3 Å². The van der Waals surface area contributed by atoms with Crippen LogP contribution in [0.1, 0.15) is 39.3 Å². The zero-order valence-electron chi connectivity index (χ0n) is 17.1. The summed E-state index contributed by atoms with van der Waals surface area (Å²) in [5.74, 6) is -0.855. The number of hydrogen-bond acceptors (Lipinski definition) is 6. The van der Waals surface area contributed by atoms with Crippen molar-refractivity contribution in [2.45, 2.75) is 19.3 Å². The minimum absolute atomic E-state index is 0.234. The monoisotopic (exact) mass is 431 g/mol. The van der Waals surface area contributed by atoms with E-state index in [9.17, 15) is 9.59 Å². The molecule has 2 heterocycles. The lowest BCUT2D eigenvalue weighted by Gasteiger charge is -2.16. The SMILES string of the molecule is CN(CCC#N)C(=O)COC(=O)c1c2c(nc3ccccc13)/C(=C/c1cccs1)CC2. The van der Waals surface area contributed by atoms with Gasteiger partial charge in [-0.05, 0) is 47.6 Å². The highest BCUT2D eigenvalue weighted by Crippen LogP contribution is 2.38. The third-order valence-electron chi connectivity index (χ3n) is 5.32. The van der Waals surface area contributed by atoms with Crippen LogP contribution < -0.4 is 0 Å². The van der Waals surface area contributed by atoms with Crippen molar-refractivity contribution in [2.75, 3.05) is 20.2 Å². The van der Waals surface area contributed by atoms with Gasteiger partial charge in [0.15, 0.2) is 6.61 Å². The van der Waals surface area contributed by atoms with Gasteiger partial charge in [-0.25, -0.2) is 9.78 Å². The Morgan fingerprint density at radius 2 is 2.10 bits per heavy atom. The number of aromatic nitrogens is 1. The fraction of sp³-hybridized carbons (Fsp3) is 0.250. The molecule has 0 unspecified atom stereocenters. The number of pyridine rings is 1. The number of fused-ring (bicyclic) bond motifs is 2. The van der Waals surface area contributed by atoms with Gasteiger partial charge in [0.2, 0.25) is 0 Å². The van der Waals surface area contributed by atoms with Crippen molar-refractivity contribution in [1.82, 2.24) is 9.88 Å². The van der Waals surface area contributed by atoms with Crippen molar-refractivity contribution in [2.24, 2.45) is 0 Å². The van der Waals surface area contributed by atoms with Crippen molar-refractivity contribution in [3.8, 4) is 6.07 Å². The van der Waals surface area contributed by atoms with Gasteiger partial charge in [-0.15, -0.1) is 11.3 Å². The number of hydrogen-bond donors (Lipinski definition) is 0. The summed E-state index contributed by atoms with van der Waals surface area (Å²) in [7, 11) is 1.59. The molecule has 31 heavy (non-hydrogen) atoms. The summed E-state index contributed by atoms with van der Waals surface area (Å²) in [4.78, 5) is 32.7. The maximum atomic E-state index is 13.1. The number of esters is 1. The zero-order chi connectivity index (χ0) is 21.8. The van der Waals surface area contributed by atoms with Gasteiger partial charge in [-0.3, -0.25) is 4.79 Å². The van der Waals surface area contributed by atoms with Gasteiger partial charge in [-0.2, -0.15) is 5.26 Å². The second-order valence-electron chi connectivity index (χ2n) is 7.32. The summed E-state index contributed by atoms with van der Waals surface area (Å²) in [6.07, 6.45) is 3.86. The lowest BCUT2D eigenvalue weighted by Crippen LogP contribution is -2.32. The van der Waals surface area contributed by atoms with E-state index in [1.54, 1.807) is 18.4 Å². The highest BCUT2D eigenvalue weighted by molar-refractivity contribution is 7.10. The Labute approximate surface area is 184 Å². The normalized spacial score (nSPS) is 13.7. The van der Waals surface area contributed by atoms with Gasteiger partial charge in [0.25, 0.3) is 5.91 Å². The Morgan fingerprint density at radius 3 is 2.87 bits per heavy atom. The minimum Gasteiger partial charge on any atom is -0.452 e. The first kappa shape index (κ1) is 20.8. The van der Waals surface area contributed by atoms with Crippen molar-refractivity contribution >= 4 is 45.8 Å². The molecule has 0 bridgehead atoms. The summed E-state index contributed by atoms with van der Waals surface area (Å²) in [5.41, 5.74) is 4.02. The predicted molar refractivity (Wildman–Crippen MR) is 120 cm³/mol. The number of thiophene rings is 1. The van der Waals surface area contributed by atoms with Crippen molar-refractivity contribution in [3.05, 3.63) is 63.5 Å². The fourth-order valence-electron chi connectivity index (χ4n) is 3.71. The van der Waals surface area contributed by atoms with Gasteiger partial charge >= 0.3 is 5.97 Å². The molecule has 0 spiro atoms. The van der Waals surface area contributed by atoms with E-state index in [1.807, 2.05) is 41.8 Å². The summed E-state index contributed by atoms with van der Waals surface area (Å²) >= 11 is 1.66. The molecular weight excluding hydrogens is 410 g/mol. The Bertz CT molecular complexity index is 1210. The maximum Gasteiger partial charge on any atom is 0.339 e. The highest BCUT2D eigenvalue weighted by Gasteiger charge is 2.28. The predicted octanol–water partition coefficient (Wildman–Crippen LogP) is 4.31. The number of para-hydroxylation sites is 1. The molecule has 1 aliphatic carbocycles. The van der Waals surface area contributed by atoms with Crippen LogP contribution in [0.2, 0.25) is 0 Å². The molecule has 1 aliphatic rings. The quantitative estimate of drug-likeness (QED) is 0.543. The van der Waals surface area contributed by atoms with Crippen LogP contribution in [0.5, 0.6) is 0 Å². The van der Waals surface area contributed by atoms with Gasteiger partial charge < -0.3 is 9.64 Å². The zero-order valence-corrected chi connectivity index (χ0v) is 17.9. The molecule has 0 fully saturated rings. The summed E-state index contributed by atoms with van der Waals surface area (Å²) in [6.45, 7) is -0.0541. The molecule has 0 aliphatic heterocycles. The van der Waals surface area contributed by atoms with Crippen LogP contribution in [0.4, 0.5) is 0 Å². The van der Waals surface area contributed by atoms with Crippen molar-refractivity contribution in [1.29, 1.82) is 5.26 Å². The molecule has 6 nitrogen and oxygen atoms in total. The summed E-state index contributed by atoms with van der Waals surface area (Å²) in [6, 6.07) is 13.6. The van der Waals surface area contributed by atoms with Crippen LogP contribution in [0.25, 0.3) is 22.6 Å². The maximum absolute atomic E-state index is 13.1. The van der Waals surface area contributed by atoms with E-state index in [0.717, 1.165) is 39.0 Å². The van der Waals surface area contributed by atoms with Crippen molar-refractivity contribution in [3.63, 3.8) is 0 Å². The van der Waals surface area contributed by atoms with E-state index < -0.39 is 5.97 Å². The van der Waals surface area contributed by atoms with Gasteiger partial charge in [0, 0.05) is 23.9 Å². The highest BCUT2D eigenvalue weighted by atomic mass is 32.1. The van der Waals surface area contributed by atoms with Gasteiger partial charge in [0.1, 0.15) is 0 Å². The number of nitriles is 1. The molecule has 4 rings (SSSR count). The Morgan fingerprint density at radius 1 is 1.26 bits per heavy atom. The first-order valence-electron chi connectivity index (χ1n) is 10.0. The van der Waals surface area contributed by atoms with Crippen LogP contribution in [0.15, 0.2) is 41.8 Å². The van der Waals surface area contributed by atoms with Crippen LogP contribution >= 0.6 is 11.3 Å². The number of amides is 1. The van der Waals surface area contributed by atoms with Crippen LogP contribution in [-0.2, 0) is 16.0 Å². The smallest absolute Gasteiger partial charge is 0.339 e. The third kappa shape index (κ3) is 4.35. The molecule has 156 valence electrons. The molecule has 1 amide bonds. The van der Waals surface area contributed by atoms with Gasteiger partial charge in [-0.1, -0.05) is 24.3 Å². The second kappa shape index (κ2) is 9.11. The molecule has 0 saturated carbocycles. The summed E-state index contributed by atoms with van der Waals surface area (Å²) < 4.78 is 5.41. The fourth-order valence-corrected chi connectivity index (χ4v) is 4.39.